The molecule has 0 radical (unpaired) electrons. The van der Waals surface area contributed by atoms with Crippen LogP contribution in [-0.4, -0.2) is 38.0 Å². The largest absolute Gasteiger partial charge is 0.496 e. The molecular formula is C32H49N3O4S. The summed E-state index contributed by atoms with van der Waals surface area (Å²) in [6.07, 6.45) is 14.0. The summed E-state index contributed by atoms with van der Waals surface area (Å²) >= 11 is 0. The van der Waals surface area contributed by atoms with Gasteiger partial charge < -0.3 is 15.8 Å². The number of amides is 1. The van der Waals surface area contributed by atoms with Crippen LogP contribution in [0.1, 0.15) is 93.7 Å². The number of hydrogen-bond donors (Lipinski definition) is 2. The van der Waals surface area contributed by atoms with Gasteiger partial charge in [-0.05, 0) is 36.0 Å². The third-order valence-electron chi connectivity index (χ3n) is 7.92. The summed E-state index contributed by atoms with van der Waals surface area (Å²) < 4.78 is 34.7. The van der Waals surface area contributed by atoms with Crippen molar-refractivity contribution >= 4 is 15.9 Å². The number of methoxy groups -OCH3 is 1. The number of rotatable bonds is 11. The summed E-state index contributed by atoms with van der Waals surface area (Å²) in [4.78, 5) is 13.1. The van der Waals surface area contributed by atoms with Crippen molar-refractivity contribution in [3.8, 4) is 5.75 Å². The highest BCUT2D eigenvalue weighted by Gasteiger charge is 2.29. The Labute approximate surface area is 241 Å². The summed E-state index contributed by atoms with van der Waals surface area (Å²) in [6, 6.07) is 15.1. The molecule has 0 aromatic heterocycles. The van der Waals surface area contributed by atoms with E-state index >= 15 is 0 Å². The highest BCUT2D eigenvalue weighted by molar-refractivity contribution is 7.89. The zero-order valence-electron chi connectivity index (χ0n) is 24.3. The van der Waals surface area contributed by atoms with Gasteiger partial charge in [0, 0.05) is 25.2 Å². The van der Waals surface area contributed by atoms with Gasteiger partial charge in [-0.1, -0.05) is 107 Å². The number of nitrogens with zero attached hydrogens (tertiary/aromatic N) is 1. The smallest absolute Gasteiger partial charge is 0.235 e. The molecule has 3 rings (SSSR count). The van der Waals surface area contributed by atoms with E-state index < -0.39 is 10.0 Å². The van der Waals surface area contributed by atoms with Gasteiger partial charge in [0.05, 0.1) is 19.4 Å². The van der Waals surface area contributed by atoms with Gasteiger partial charge >= 0.3 is 0 Å². The Morgan fingerprint density at radius 3 is 2.00 bits per heavy atom. The molecule has 2 aromatic rings. The molecule has 1 saturated carbocycles. The molecule has 3 N–H and O–H groups in total. The average Bonchev–Trinajstić information content (AvgIpc) is 2.98. The molecule has 0 heterocycles. The molecule has 7 nitrogen and oxygen atoms in total. The van der Waals surface area contributed by atoms with Crippen LogP contribution in [0.5, 0.6) is 5.75 Å². The molecule has 1 fully saturated rings. The minimum absolute atomic E-state index is 0.0793. The standard InChI is InChI=1S/C32H49N3O4S/c1-39-31-17-13-12-16-30(31)24-35(25-32(36)34-23-28-20-18-27(22-33)19-21-28)40(37,38)26-29-14-10-8-6-4-2-3-5-7-9-11-15-29/h12-13,16-21,29H,2-11,14-15,22-26,33H2,1H3,(H,34,36). The zero-order chi connectivity index (χ0) is 28.6. The fourth-order valence-electron chi connectivity index (χ4n) is 5.48. The number of nitrogens with two attached hydrogens (primary N) is 1. The van der Waals surface area contributed by atoms with Crippen LogP contribution < -0.4 is 15.8 Å². The monoisotopic (exact) mass is 571 g/mol. The van der Waals surface area contributed by atoms with Crippen molar-refractivity contribution in [1.82, 2.24) is 9.62 Å². The summed E-state index contributed by atoms with van der Waals surface area (Å²) in [5, 5.41) is 2.90. The highest BCUT2D eigenvalue weighted by Crippen LogP contribution is 2.26. The second-order valence-electron chi connectivity index (χ2n) is 11.1. The van der Waals surface area contributed by atoms with Crippen LogP contribution in [0.4, 0.5) is 0 Å². The summed E-state index contributed by atoms with van der Waals surface area (Å²) in [5.41, 5.74) is 8.38. The van der Waals surface area contributed by atoms with Crippen LogP contribution in [-0.2, 0) is 34.5 Å². The van der Waals surface area contributed by atoms with E-state index in [1.807, 2.05) is 48.5 Å². The van der Waals surface area contributed by atoms with Gasteiger partial charge in [0.1, 0.15) is 5.75 Å². The van der Waals surface area contributed by atoms with E-state index in [0.717, 1.165) is 55.2 Å². The van der Waals surface area contributed by atoms with Crippen LogP contribution in [0.2, 0.25) is 0 Å². The highest BCUT2D eigenvalue weighted by atomic mass is 32.2. The molecule has 0 spiro atoms. The maximum absolute atomic E-state index is 13.9. The Hall–Kier alpha value is -2.42. The van der Waals surface area contributed by atoms with Gasteiger partial charge in [-0.15, -0.1) is 0 Å². The van der Waals surface area contributed by atoms with Crippen molar-refractivity contribution < 1.29 is 17.9 Å². The van der Waals surface area contributed by atoms with Gasteiger partial charge in [0.15, 0.2) is 0 Å². The van der Waals surface area contributed by atoms with Crippen LogP contribution in [0, 0.1) is 5.92 Å². The maximum Gasteiger partial charge on any atom is 0.235 e. The van der Waals surface area contributed by atoms with Gasteiger partial charge in [-0.2, -0.15) is 4.31 Å². The Morgan fingerprint density at radius 1 is 0.875 bits per heavy atom. The number of para-hydroxylation sites is 1. The van der Waals surface area contributed by atoms with Gasteiger partial charge in [-0.3, -0.25) is 4.79 Å². The van der Waals surface area contributed by atoms with Crippen LogP contribution >= 0.6 is 0 Å². The van der Waals surface area contributed by atoms with Crippen LogP contribution in [0.25, 0.3) is 0 Å². The Bertz CT molecular complexity index is 1110. The lowest BCUT2D eigenvalue weighted by Gasteiger charge is -2.26. The molecule has 0 aliphatic heterocycles. The van der Waals surface area contributed by atoms with Crippen LogP contribution in [0.3, 0.4) is 0 Å². The number of carbonyl (C=O) groups is 1. The molecule has 8 heteroatoms. The number of sulfonamides is 1. The van der Waals surface area contributed by atoms with E-state index in [4.69, 9.17) is 10.5 Å². The van der Waals surface area contributed by atoms with Crippen molar-refractivity contribution in [2.45, 2.75) is 96.7 Å². The average molecular weight is 572 g/mol. The number of hydrogen-bond acceptors (Lipinski definition) is 5. The number of nitrogens with one attached hydrogen (secondary N) is 1. The second kappa shape index (κ2) is 17.4. The van der Waals surface area contributed by atoms with Crippen LogP contribution in [0.15, 0.2) is 48.5 Å². The third kappa shape index (κ3) is 11.2. The molecular weight excluding hydrogens is 522 g/mol. The predicted octanol–water partition coefficient (Wildman–Crippen LogP) is 5.91. The fourth-order valence-corrected chi connectivity index (χ4v) is 7.27. The first-order valence-corrected chi connectivity index (χ1v) is 16.7. The third-order valence-corrected chi connectivity index (χ3v) is 9.86. The fraction of sp³-hybridized carbons (Fsp3) is 0.594. The van der Waals surface area contributed by atoms with Crippen molar-refractivity contribution in [1.29, 1.82) is 0 Å². The van der Waals surface area contributed by atoms with Gasteiger partial charge in [0.25, 0.3) is 0 Å². The summed E-state index contributed by atoms with van der Waals surface area (Å²) in [7, 11) is -2.12. The molecule has 1 aliphatic rings. The molecule has 0 saturated heterocycles. The molecule has 1 amide bonds. The predicted molar refractivity (Wildman–Crippen MR) is 162 cm³/mol. The molecule has 0 atom stereocenters. The first-order chi connectivity index (χ1) is 19.4. The van der Waals surface area contributed by atoms with E-state index in [1.54, 1.807) is 7.11 Å². The van der Waals surface area contributed by atoms with E-state index in [2.05, 4.69) is 5.32 Å². The van der Waals surface area contributed by atoms with Gasteiger partial charge in [-0.25, -0.2) is 8.42 Å². The minimum atomic E-state index is -3.70. The molecule has 0 bridgehead atoms. The normalized spacial score (nSPS) is 16.5. The van der Waals surface area contributed by atoms with E-state index in [0.29, 0.717) is 18.8 Å². The Balaban J connectivity index is 1.72. The van der Waals surface area contributed by atoms with Gasteiger partial charge in [0.2, 0.25) is 15.9 Å². The van der Waals surface area contributed by atoms with Crippen molar-refractivity contribution in [3.05, 3.63) is 65.2 Å². The quantitative estimate of drug-likeness (QED) is 0.349. The minimum Gasteiger partial charge on any atom is -0.496 e. The number of carbonyl (C=O) groups excluding carboxylic acids is 1. The number of ether oxygens (including phenoxy) is 1. The van der Waals surface area contributed by atoms with Crippen molar-refractivity contribution in [2.75, 3.05) is 19.4 Å². The first-order valence-electron chi connectivity index (χ1n) is 15.1. The van der Waals surface area contributed by atoms with E-state index in [1.165, 1.54) is 42.8 Å². The van der Waals surface area contributed by atoms with E-state index in [-0.39, 0.29) is 30.7 Å². The Morgan fingerprint density at radius 2 is 1.43 bits per heavy atom. The molecule has 40 heavy (non-hydrogen) atoms. The first kappa shape index (κ1) is 32.1. The lowest BCUT2D eigenvalue weighted by atomic mass is 9.96. The Kier molecular flexibility index (Phi) is 14.0. The molecule has 2 aromatic carbocycles. The molecule has 0 unspecified atom stereocenters. The van der Waals surface area contributed by atoms with E-state index in [9.17, 15) is 13.2 Å². The maximum atomic E-state index is 13.9. The molecule has 1 aliphatic carbocycles. The summed E-state index contributed by atoms with van der Waals surface area (Å²) in [6.45, 7) is 0.657. The number of benzene rings is 2. The van der Waals surface area contributed by atoms with Crippen molar-refractivity contribution in [2.24, 2.45) is 11.7 Å². The molecule has 222 valence electrons. The second-order valence-corrected chi connectivity index (χ2v) is 13.1. The SMILES string of the molecule is COc1ccccc1CN(CC(=O)NCc1ccc(CN)cc1)S(=O)(=O)CC1CCCCCCCCCCCC1. The topological polar surface area (TPSA) is 102 Å². The lowest BCUT2D eigenvalue weighted by Crippen LogP contribution is -2.42. The summed E-state index contributed by atoms with van der Waals surface area (Å²) in [5.74, 6) is 0.479. The van der Waals surface area contributed by atoms with Crippen molar-refractivity contribution in [3.63, 3.8) is 0 Å². The lowest BCUT2D eigenvalue weighted by molar-refractivity contribution is -0.121. The zero-order valence-corrected chi connectivity index (χ0v) is 25.1.